The van der Waals surface area contributed by atoms with Crippen LogP contribution in [-0.4, -0.2) is 16.2 Å². The Morgan fingerprint density at radius 1 is 1.08 bits per heavy atom. The Balaban J connectivity index is 1.69. The van der Waals surface area contributed by atoms with E-state index in [4.69, 9.17) is 0 Å². The summed E-state index contributed by atoms with van der Waals surface area (Å²) in [6.45, 7) is 2.22. The quantitative estimate of drug-likeness (QED) is 0.319. The molecule has 4 heteroatoms. The second-order valence-corrected chi connectivity index (χ2v) is 6.06. The summed E-state index contributed by atoms with van der Waals surface area (Å²) < 4.78 is 0. The minimum Gasteiger partial charge on any atom is -0.323 e. The maximum Gasteiger partial charge on any atom is 0.222 e. The Kier molecular flexibility index (Phi) is 5.99. The first-order valence-electron chi connectivity index (χ1n) is 8.84. The highest BCUT2D eigenvalue weighted by Crippen LogP contribution is 2.14. The van der Waals surface area contributed by atoms with Crippen LogP contribution in [0.1, 0.15) is 38.2 Å². The van der Waals surface area contributed by atoms with Crippen LogP contribution in [0.25, 0.3) is 17.1 Å². The summed E-state index contributed by atoms with van der Waals surface area (Å²) in [6.07, 6.45) is 8.74. The van der Waals surface area contributed by atoms with Crippen molar-refractivity contribution in [2.75, 3.05) is 5.43 Å². The lowest BCUT2D eigenvalue weighted by Gasteiger charge is -2.02. The number of nitrogens with zero attached hydrogens (tertiary/aromatic N) is 2. The minimum atomic E-state index is 0.657. The van der Waals surface area contributed by atoms with Gasteiger partial charge in [-0.2, -0.15) is 5.10 Å². The molecule has 0 atom stereocenters. The lowest BCUT2D eigenvalue weighted by Crippen LogP contribution is -1.94. The summed E-state index contributed by atoms with van der Waals surface area (Å²) in [6, 6.07) is 18.3. The molecule has 0 radical (unpaired) electrons. The average Bonchev–Trinajstić information content (AvgIpc) is 3.05. The number of fused-ring (bicyclic) bond motifs is 1. The molecule has 2 N–H and O–H groups in total. The van der Waals surface area contributed by atoms with Crippen LogP contribution < -0.4 is 5.43 Å². The number of unbranched alkanes of at least 4 members (excludes halogenated alkanes) is 2. The molecule has 0 aliphatic rings. The van der Waals surface area contributed by atoms with Gasteiger partial charge >= 0.3 is 0 Å². The first-order chi connectivity index (χ1) is 12.3. The molecule has 3 aromatic rings. The standard InChI is InChI=1S/C21H24N4/c1-2-3-5-12-18(15-17-10-6-4-7-11-17)16-22-25-21-23-19-13-8-9-14-20(19)24-21/h4,6-11,13-16H,2-3,5,12H2,1H3,(H2,23,24,25)/b18-15+,22-16+. The van der Waals surface area contributed by atoms with Gasteiger partial charge in [-0.05, 0) is 36.1 Å². The molecule has 2 aromatic carbocycles. The Morgan fingerprint density at radius 3 is 2.68 bits per heavy atom. The Bertz CT molecular complexity index is 813. The smallest absolute Gasteiger partial charge is 0.222 e. The maximum absolute atomic E-state index is 4.47. The molecule has 0 saturated heterocycles. The Hall–Kier alpha value is -2.88. The van der Waals surface area contributed by atoms with Crippen molar-refractivity contribution < 1.29 is 0 Å². The van der Waals surface area contributed by atoms with Crippen molar-refractivity contribution in [1.82, 2.24) is 9.97 Å². The van der Waals surface area contributed by atoms with Gasteiger partial charge in [-0.1, -0.05) is 68.3 Å². The number of anilines is 1. The number of H-pyrrole nitrogens is 1. The van der Waals surface area contributed by atoms with Crippen molar-refractivity contribution >= 4 is 29.3 Å². The van der Waals surface area contributed by atoms with Crippen LogP contribution in [-0.2, 0) is 0 Å². The SMILES string of the molecule is CCCCCC(/C=N/Nc1nc2ccccc2[nH]1)=C\c1ccccc1. The molecular formula is C21H24N4. The van der Waals surface area contributed by atoms with Crippen molar-refractivity contribution in [3.05, 3.63) is 65.7 Å². The fraction of sp³-hybridized carbons (Fsp3) is 0.238. The topological polar surface area (TPSA) is 53.1 Å². The van der Waals surface area contributed by atoms with Gasteiger partial charge in [0.1, 0.15) is 0 Å². The van der Waals surface area contributed by atoms with E-state index in [1.54, 1.807) is 0 Å². The van der Waals surface area contributed by atoms with Gasteiger partial charge in [0.05, 0.1) is 17.2 Å². The third-order valence-electron chi connectivity index (χ3n) is 4.01. The number of hydrogen-bond acceptors (Lipinski definition) is 3. The van der Waals surface area contributed by atoms with E-state index >= 15 is 0 Å². The maximum atomic E-state index is 4.47. The van der Waals surface area contributed by atoms with Gasteiger partial charge in [0.2, 0.25) is 5.95 Å². The lowest BCUT2D eigenvalue weighted by atomic mass is 10.1. The molecule has 4 nitrogen and oxygen atoms in total. The zero-order valence-electron chi connectivity index (χ0n) is 14.6. The number of benzene rings is 2. The van der Waals surface area contributed by atoms with Crippen molar-refractivity contribution in [3.8, 4) is 0 Å². The molecule has 1 heterocycles. The number of imidazole rings is 1. The number of para-hydroxylation sites is 2. The van der Waals surface area contributed by atoms with Crippen LogP contribution in [0.3, 0.4) is 0 Å². The Labute approximate surface area is 148 Å². The van der Waals surface area contributed by atoms with Crippen LogP contribution in [0, 0.1) is 0 Å². The van der Waals surface area contributed by atoms with Gasteiger partial charge in [-0.3, -0.25) is 0 Å². The molecule has 1 aromatic heterocycles. The van der Waals surface area contributed by atoms with Crippen LogP contribution in [0.15, 0.2) is 65.3 Å². The summed E-state index contributed by atoms with van der Waals surface area (Å²) in [5, 5.41) is 4.38. The normalized spacial score (nSPS) is 12.1. The second kappa shape index (κ2) is 8.83. The van der Waals surface area contributed by atoms with Crippen molar-refractivity contribution in [1.29, 1.82) is 0 Å². The molecular weight excluding hydrogens is 308 g/mol. The van der Waals surface area contributed by atoms with Gasteiger partial charge < -0.3 is 4.98 Å². The summed E-state index contributed by atoms with van der Waals surface area (Å²) in [4.78, 5) is 7.68. The van der Waals surface area contributed by atoms with E-state index in [9.17, 15) is 0 Å². The number of allylic oxidation sites excluding steroid dienone is 1. The molecule has 0 amide bonds. The molecule has 0 aliphatic carbocycles. The van der Waals surface area contributed by atoms with Gasteiger partial charge in [0.15, 0.2) is 0 Å². The molecule has 0 saturated carbocycles. The number of hydrazone groups is 1. The summed E-state index contributed by atoms with van der Waals surface area (Å²) in [5.74, 6) is 0.657. The number of rotatable bonds is 8. The van der Waals surface area contributed by atoms with Crippen molar-refractivity contribution in [3.63, 3.8) is 0 Å². The number of nitrogens with one attached hydrogen (secondary N) is 2. The monoisotopic (exact) mass is 332 g/mol. The minimum absolute atomic E-state index is 0.657. The van der Waals surface area contributed by atoms with Gasteiger partial charge in [0.25, 0.3) is 0 Å². The van der Waals surface area contributed by atoms with E-state index in [0.29, 0.717) is 5.95 Å². The van der Waals surface area contributed by atoms with E-state index in [-0.39, 0.29) is 0 Å². The van der Waals surface area contributed by atoms with E-state index in [1.165, 1.54) is 30.4 Å². The molecule has 128 valence electrons. The van der Waals surface area contributed by atoms with E-state index < -0.39 is 0 Å². The van der Waals surface area contributed by atoms with E-state index in [0.717, 1.165) is 17.5 Å². The van der Waals surface area contributed by atoms with Crippen LogP contribution in [0.2, 0.25) is 0 Å². The van der Waals surface area contributed by atoms with Crippen LogP contribution in [0.5, 0.6) is 0 Å². The number of aromatic nitrogens is 2. The zero-order chi connectivity index (χ0) is 17.3. The highest BCUT2D eigenvalue weighted by molar-refractivity contribution is 5.86. The van der Waals surface area contributed by atoms with Gasteiger partial charge in [0, 0.05) is 0 Å². The Morgan fingerprint density at radius 2 is 1.88 bits per heavy atom. The second-order valence-electron chi connectivity index (χ2n) is 6.06. The fourth-order valence-electron chi connectivity index (χ4n) is 2.70. The van der Waals surface area contributed by atoms with Crippen molar-refractivity contribution in [2.45, 2.75) is 32.6 Å². The highest BCUT2D eigenvalue weighted by Gasteiger charge is 2.00. The van der Waals surface area contributed by atoms with Crippen molar-refractivity contribution in [2.24, 2.45) is 5.10 Å². The van der Waals surface area contributed by atoms with E-state index in [1.807, 2.05) is 36.5 Å². The summed E-state index contributed by atoms with van der Waals surface area (Å²) in [7, 11) is 0. The lowest BCUT2D eigenvalue weighted by molar-refractivity contribution is 0.724. The molecule has 0 bridgehead atoms. The molecule has 0 aliphatic heterocycles. The first-order valence-corrected chi connectivity index (χ1v) is 8.84. The molecule has 3 rings (SSSR count). The predicted octanol–water partition coefficient (Wildman–Crippen LogP) is 5.62. The van der Waals surface area contributed by atoms with Gasteiger partial charge in [-0.25, -0.2) is 10.4 Å². The number of hydrogen-bond donors (Lipinski definition) is 2. The summed E-state index contributed by atoms with van der Waals surface area (Å²) in [5.41, 5.74) is 7.35. The third-order valence-corrected chi connectivity index (χ3v) is 4.01. The molecule has 0 fully saturated rings. The third kappa shape index (κ3) is 5.05. The van der Waals surface area contributed by atoms with Gasteiger partial charge in [-0.15, -0.1) is 0 Å². The van der Waals surface area contributed by atoms with E-state index in [2.05, 4.69) is 57.8 Å². The first kappa shape index (κ1) is 17.0. The van der Waals surface area contributed by atoms with Crippen LogP contribution >= 0.6 is 0 Å². The molecule has 25 heavy (non-hydrogen) atoms. The fourth-order valence-corrected chi connectivity index (χ4v) is 2.70. The largest absolute Gasteiger partial charge is 0.323 e. The summed E-state index contributed by atoms with van der Waals surface area (Å²) >= 11 is 0. The predicted molar refractivity (Wildman–Crippen MR) is 107 cm³/mol. The number of aromatic amines is 1. The zero-order valence-corrected chi connectivity index (χ0v) is 14.6. The highest BCUT2D eigenvalue weighted by atomic mass is 15.3. The average molecular weight is 332 g/mol. The van der Waals surface area contributed by atoms with Crippen LogP contribution in [0.4, 0.5) is 5.95 Å². The molecule has 0 spiro atoms. The molecule has 0 unspecified atom stereocenters.